The normalized spacial score (nSPS) is 16.3. The minimum Gasteiger partial charge on any atom is -0.374 e. The van der Waals surface area contributed by atoms with E-state index in [0.29, 0.717) is 6.54 Å². The van der Waals surface area contributed by atoms with Crippen molar-refractivity contribution in [1.29, 1.82) is 0 Å². The third kappa shape index (κ3) is 5.75. The van der Waals surface area contributed by atoms with Crippen molar-refractivity contribution in [2.45, 2.75) is 33.9 Å². The van der Waals surface area contributed by atoms with Crippen molar-refractivity contribution >= 4 is 31.0 Å². The zero-order chi connectivity index (χ0) is 22.6. The van der Waals surface area contributed by atoms with Crippen LogP contribution in [0.3, 0.4) is 0 Å². The fourth-order valence-corrected chi connectivity index (χ4v) is 7.42. The second-order valence-corrected chi connectivity index (χ2v) is 13.1. The molecule has 3 rings (SSSR count). The first-order valence-electron chi connectivity index (χ1n) is 10.1. The van der Waals surface area contributed by atoms with Crippen LogP contribution in [0.1, 0.15) is 18.2 Å². The summed E-state index contributed by atoms with van der Waals surface area (Å²) in [6.07, 6.45) is 0.966. The van der Waals surface area contributed by atoms with E-state index >= 15 is 0 Å². The molecule has 2 heterocycles. The van der Waals surface area contributed by atoms with Gasteiger partial charge in [-0.05, 0) is 56.3 Å². The van der Waals surface area contributed by atoms with Crippen LogP contribution in [-0.4, -0.2) is 65.1 Å². The molecule has 0 aliphatic carbocycles. The summed E-state index contributed by atoms with van der Waals surface area (Å²) in [7, 11) is -7.20. The molecule has 0 atom stereocenters. The molecule has 0 amide bonds. The van der Waals surface area contributed by atoms with Gasteiger partial charge in [-0.25, -0.2) is 16.8 Å². The van der Waals surface area contributed by atoms with E-state index in [1.54, 1.807) is 6.07 Å². The van der Waals surface area contributed by atoms with Crippen LogP contribution >= 0.6 is 11.3 Å². The standard InChI is InChI=1S/C21H29N3O4S3/c1-17(2)24-11-3-10-23(12-13-24)14-15-30(25,26)19-5-7-20(8-6-19)31(27,28)21-9-4-18(16-22)29-21/h4-9H,1,3,10-16,22H2,2H3. The first-order valence-corrected chi connectivity index (χ1v) is 14.1. The van der Waals surface area contributed by atoms with Crippen LogP contribution in [0.25, 0.3) is 0 Å². The summed E-state index contributed by atoms with van der Waals surface area (Å²) in [5, 5.41) is 0. The molecule has 1 aromatic carbocycles. The molecule has 1 saturated heterocycles. The lowest BCUT2D eigenvalue weighted by molar-refractivity contribution is 0.292. The quantitative estimate of drug-likeness (QED) is 0.615. The number of hydrogen-bond acceptors (Lipinski definition) is 8. The number of hydrogen-bond donors (Lipinski definition) is 1. The Morgan fingerprint density at radius 1 is 1.00 bits per heavy atom. The molecule has 0 spiro atoms. The van der Waals surface area contributed by atoms with Crippen LogP contribution in [0.4, 0.5) is 0 Å². The maximum absolute atomic E-state index is 12.8. The van der Waals surface area contributed by atoms with Crippen molar-refractivity contribution in [3.05, 3.63) is 53.6 Å². The summed E-state index contributed by atoms with van der Waals surface area (Å²) >= 11 is 1.13. The number of nitrogens with two attached hydrogens (primary N) is 1. The first kappa shape index (κ1) is 23.9. The molecule has 0 bridgehead atoms. The first-order chi connectivity index (χ1) is 14.6. The van der Waals surface area contributed by atoms with E-state index in [2.05, 4.69) is 16.4 Å². The van der Waals surface area contributed by atoms with Crippen LogP contribution in [-0.2, 0) is 26.2 Å². The van der Waals surface area contributed by atoms with E-state index in [0.717, 1.165) is 54.5 Å². The molecular formula is C21H29N3O4S3. The van der Waals surface area contributed by atoms with Gasteiger partial charge in [0.1, 0.15) is 4.21 Å². The van der Waals surface area contributed by atoms with Gasteiger partial charge in [-0.2, -0.15) is 0 Å². The van der Waals surface area contributed by atoms with Crippen LogP contribution in [0, 0.1) is 0 Å². The Bertz CT molecular complexity index is 1120. The number of benzene rings is 1. The third-order valence-corrected chi connectivity index (χ3v) is 10.5. The fourth-order valence-electron chi connectivity index (χ4n) is 3.50. The van der Waals surface area contributed by atoms with Crippen LogP contribution in [0.5, 0.6) is 0 Å². The molecule has 10 heteroatoms. The lowest BCUT2D eigenvalue weighted by Crippen LogP contribution is -2.33. The van der Waals surface area contributed by atoms with Gasteiger partial charge in [0.2, 0.25) is 9.84 Å². The highest BCUT2D eigenvalue weighted by molar-refractivity contribution is 7.93. The van der Waals surface area contributed by atoms with E-state index in [4.69, 9.17) is 5.73 Å². The summed E-state index contributed by atoms with van der Waals surface area (Å²) in [5.74, 6) is -0.00302. The SMILES string of the molecule is C=C(C)N1CCCN(CCS(=O)(=O)c2ccc(S(=O)(=O)c3ccc(CN)s3)cc2)CC1. The van der Waals surface area contributed by atoms with Gasteiger partial charge in [0.05, 0.1) is 15.5 Å². The largest absolute Gasteiger partial charge is 0.374 e. The van der Waals surface area contributed by atoms with Crippen molar-refractivity contribution in [2.75, 3.05) is 38.5 Å². The Morgan fingerprint density at radius 2 is 1.68 bits per heavy atom. The van der Waals surface area contributed by atoms with E-state index < -0.39 is 19.7 Å². The molecule has 1 aromatic heterocycles. The Morgan fingerprint density at radius 3 is 2.29 bits per heavy atom. The highest BCUT2D eigenvalue weighted by Gasteiger charge is 2.23. The number of thiophene rings is 1. The second-order valence-electron chi connectivity index (χ2n) is 7.64. The molecule has 0 saturated carbocycles. The average molecular weight is 484 g/mol. The Kier molecular flexibility index (Phi) is 7.59. The fraction of sp³-hybridized carbons (Fsp3) is 0.429. The Labute approximate surface area is 189 Å². The molecule has 1 aliphatic rings. The highest BCUT2D eigenvalue weighted by atomic mass is 32.2. The van der Waals surface area contributed by atoms with Gasteiger partial charge in [-0.15, -0.1) is 11.3 Å². The smallest absolute Gasteiger partial charge is 0.215 e. The number of nitrogens with zero attached hydrogens (tertiary/aromatic N) is 2. The zero-order valence-electron chi connectivity index (χ0n) is 17.7. The van der Waals surface area contributed by atoms with Crippen molar-refractivity contribution in [3.63, 3.8) is 0 Å². The van der Waals surface area contributed by atoms with E-state index in [1.807, 2.05) is 6.92 Å². The molecule has 2 aromatic rings. The van der Waals surface area contributed by atoms with Crippen molar-refractivity contribution in [2.24, 2.45) is 5.73 Å². The molecule has 170 valence electrons. The van der Waals surface area contributed by atoms with Crippen LogP contribution < -0.4 is 5.73 Å². The van der Waals surface area contributed by atoms with Crippen molar-refractivity contribution in [1.82, 2.24) is 9.80 Å². The van der Waals surface area contributed by atoms with E-state index in [1.165, 1.54) is 30.3 Å². The Hall–Kier alpha value is -1.72. The topological polar surface area (TPSA) is 101 Å². The average Bonchev–Trinajstić information content (AvgIpc) is 3.11. The minimum absolute atomic E-state index is 0.00302. The number of rotatable bonds is 8. The Balaban J connectivity index is 1.66. The minimum atomic E-state index is -3.69. The zero-order valence-corrected chi connectivity index (χ0v) is 20.1. The monoisotopic (exact) mass is 483 g/mol. The number of sulfone groups is 2. The molecule has 0 unspecified atom stereocenters. The van der Waals surface area contributed by atoms with E-state index in [-0.39, 0.29) is 26.3 Å². The van der Waals surface area contributed by atoms with Gasteiger partial charge in [0.25, 0.3) is 0 Å². The predicted molar refractivity (Wildman–Crippen MR) is 124 cm³/mol. The van der Waals surface area contributed by atoms with E-state index in [9.17, 15) is 16.8 Å². The van der Waals surface area contributed by atoms with Crippen molar-refractivity contribution in [3.8, 4) is 0 Å². The maximum Gasteiger partial charge on any atom is 0.215 e. The number of allylic oxidation sites excluding steroid dienone is 1. The van der Waals surface area contributed by atoms with Gasteiger partial charge in [-0.1, -0.05) is 6.58 Å². The lowest BCUT2D eigenvalue weighted by Gasteiger charge is -2.23. The summed E-state index contributed by atoms with van der Waals surface area (Å²) < 4.78 is 51.3. The molecule has 2 N–H and O–H groups in total. The summed E-state index contributed by atoms with van der Waals surface area (Å²) in [6, 6.07) is 8.70. The van der Waals surface area contributed by atoms with Gasteiger partial charge < -0.3 is 15.5 Å². The van der Waals surface area contributed by atoms with Gasteiger partial charge in [0.15, 0.2) is 9.84 Å². The molecule has 1 fully saturated rings. The lowest BCUT2D eigenvalue weighted by atomic mass is 10.3. The van der Waals surface area contributed by atoms with Crippen LogP contribution in [0.15, 0.2) is 62.7 Å². The second kappa shape index (κ2) is 9.83. The molecule has 31 heavy (non-hydrogen) atoms. The molecular weight excluding hydrogens is 454 g/mol. The summed E-state index contributed by atoms with van der Waals surface area (Å²) in [4.78, 5) is 5.36. The summed E-state index contributed by atoms with van der Waals surface area (Å²) in [6.45, 7) is 10.1. The van der Waals surface area contributed by atoms with Gasteiger partial charge in [-0.3, -0.25) is 0 Å². The molecule has 0 radical (unpaired) electrons. The molecule has 7 nitrogen and oxygen atoms in total. The third-order valence-electron chi connectivity index (χ3n) is 5.40. The predicted octanol–water partition coefficient (Wildman–Crippen LogP) is 2.35. The summed E-state index contributed by atoms with van der Waals surface area (Å²) in [5.41, 5.74) is 6.60. The van der Waals surface area contributed by atoms with Crippen molar-refractivity contribution < 1.29 is 16.8 Å². The van der Waals surface area contributed by atoms with Gasteiger partial charge in [0, 0.05) is 43.3 Å². The van der Waals surface area contributed by atoms with Crippen LogP contribution in [0.2, 0.25) is 0 Å². The van der Waals surface area contributed by atoms with Gasteiger partial charge >= 0.3 is 0 Å². The highest BCUT2D eigenvalue weighted by Crippen LogP contribution is 2.28. The molecule has 1 aliphatic heterocycles. The maximum atomic E-state index is 12.8.